The Balaban J connectivity index is 0.0000135. The second-order valence-corrected chi connectivity index (χ2v) is 12.4. The van der Waals surface area contributed by atoms with E-state index >= 15 is 0 Å². The van der Waals surface area contributed by atoms with E-state index in [0.717, 1.165) is 0 Å². The van der Waals surface area contributed by atoms with E-state index in [0.29, 0.717) is 12.1 Å². The largest absolute Gasteiger partial charge is 0.478 e. The van der Waals surface area contributed by atoms with Gasteiger partial charge in [-0.1, -0.05) is 52.5 Å². The van der Waals surface area contributed by atoms with E-state index in [1.807, 2.05) is 0 Å². The summed E-state index contributed by atoms with van der Waals surface area (Å²) in [6, 6.07) is 1.21. The van der Waals surface area contributed by atoms with Crippen LogP contribution in [0.2, 0.25) is 20.1 Å². The molecule has 30 heteroatoms. The number of carboxylic acid groups (broad SMARTS) is 1. The average molecular weight is 916 g/mol. The zero-order valence-electron chi connectivity index (χ0n) is 23.6. The number of carboxylic acids is 1. The Bertz CT molecular complexity index is 1860. The molecular formula is C22H6Cl4F17KNO6S. The number of rotatable bonds is 12. The van der Waals surface area contributed by atoms with Crippen molar-refractivity contribution in [1.29, 1.82) is 0 Å². The molecule has 0 saturated heterocycles. The smallest absolute Gasteiger partial charge is 0.460 e. The molecular weight excluding hydrogens is 910 g/mol. The van der Waals surface area contributed by atoms with Crippen LogP contribution in [-0.2, 0) is 10.1 Å². The molecule has 0 aromatic heterocycles. The minimum atomic E-state index is -9.05. The fourth-order valence-electron chi connectivity index (χ4n) is 3.35. The molecule has 52 heavy (non-hydrogen) atoms. The fourth-order valence-corrected chi connectivity index (χ4v) is 5.27. The molecule has 0 fully saturated rings. The van der Waals surface area contributed by atoms with Crippen molar-refractivity contribution in [3.63, 3.8) is 0 Å². The molecule has 2 rings (SSSR count). The summed E-state index contributed by atoms with van der Waals surface area (Å²) in [7, 11) is -8.00. The van der Waals surface area contributed by atoms with Crippen molar-refractivity contribution in [2.75, 3.05) is 5.32 Å². The number of anilines is 1. The van der Waals surface area contributed by atoms with E-state index in [9.17, 15) is 97.8 Å². The molecule has 0 heterocycles. The summed E-state index contributed by atoms with van der Waals surface area (Å²) in [6.07, 6.45) is -7.98. The van der Waals surface area contributed by atoms with Crippen LogP contribution >= 0.6 is 46.4 Å². The van der Waals surface area contributed by atoms with Crippen molar-refractivity contribution in [1.82, 2.24) is 0 Å². The van der Waals surface area contributed by atoms with Crippen molar-refractivity contribution in [2.45, 2.75) is 47.0 Å². The van der Waals surface area contributed by atoms with E-state index in [2.05, 4.69) is 4.18 Å². The molecule has 1 radical (unpaired) electrons. The van der Waals surface area contributed by atoms with E-state index < -0.39 is 112 Å². The normalized spacial score (nSPS) is 14.1. The summed E-state index contributed by atoms with van der Waals surface area (Å²) in [5.41, 5.74) is -3.19. The molecule has 2 aromatic rings. The molecule has 289 valence electrons. The van der Waals surface area contributed by atoms with Gasteiger partial charge in [0.25, 0.3) is 5.91 Å². The first kappa shape index (κ1) is 48.8. The molecule has 1 amide bonds. The van der Waals surface area contributed by atoms with Crippen molar-refractivity contribution < 1.29 is 102 Å². The zero-order chi connectivity index (χ0) is 40.5. The molecule has 0 aliphatic heterocycles. The zero-order valence-corrected chi connectivity index (χ0v) is 30.6. The van der Waals surface area contributed by atoms with Gasteiger partial charge in [-0.2, -0.15) is 83.1 Å². The van der Waals surface area contributed by atoms with Crippen molar-refractivity contribution in [3.05, 3.63) is 55.5 Å². The molecule has 0 atom stereocenters. The third kappa shape index (κ3) is 7.49. The maximum absolute atomic E-state index is 14.4. The summed E-state index contributed by atoms with van der Waals surface area (Å²) in [5.74, 6) is -58.3. The van der Waals surface area contributed by atoms with Crippen molar-refractivity contribution >= 4 is 125 Å². The second-order valence-electron chi connectivity index (χ2n) is 9.29. The standard InChI is InChI=1S/C22H6Cl4F17NO6S.K/c23-9-7(8(14(46)47)10(24)12(26)11(9)25)13(45)44-5-2-1-3-6(4-5)50-51(48,49)22(42,43)20(37,38)18(33,34)16(29,30)15(27,28)17(31,32)19(35,36)21(39,40)41;/h1-4H,(H,44,45)(H,46,47);. The van der Waals surface area contributed by atoms with Gasteiger partial charge in [0.2, 0.25) is 0 Å². The Hall–Kier alpha value is -1.26. The molecule has 0 spiro atoms. The van der Waals surface area contributed by atoms with Gasteiger partial charge in [-0.05, 0) is 12.1 Å². The maximum Gasteiger partial charge on any atom is 0.460 e. The van der Waals surface area contributed by atoms with Gasteiger partial charge in [-0.15, -0.1) is 0 Å². The summed E-state index contributed by atoms with van der Waals surface area (Å²) in [5, 5.41) is -0.163. The van der Waals surface area contributed by atoms with Crippen LogP contribution in [0.4, 0.5) is 80.3 Å². The molecule has 0 aliphatic rings. The number of halogens is 21. The molecule has 0 aliphatic carbocycles. The number of alkyl halides is 17. The van der Waals surface area contributed by atoms with Crippen LogP contribution in [0.15, 0.2) is 24.3 Å². The number of aromatic carboxylic acids is 1. The number of benzene rings is 2. The van der Waals surface area contributed by atoms with Gasteiger partial charge in [-0.3, -0.25) is 4.79 Å². The van der Waals surface area contributed by atoms with Crippen molar-refractivity contribution in [3.8, 4) is 5.75 Å². The average Bonchev–Trinajstić information content (AvgIpc) is 2.96. The summed E-state index contributed by atoms with van der Waals surface area (Å²) >= 11 is 23.0. The number of hydrogen-bond donors (Lipinski definition) is 2. The van der Waals surface area contributed by atoms with Gasteiger partial charge in [0.15, 0.2) is 0 Å². The quantitative estimate of drug-likeness (QED) is 0.0723. The Morgan fingerprint density at radius 2 is 1.00 bits per heavy atom. The van der Waals surface area contributed by atoms with E-state index in [1.54, 1.807) is 5.32 Å². The Morgan fingerprint density at radius 1 is 0.615 bits per heavy atom. The number of amides is 1. The first-order valence-electron chi connectivity index (χ1n) is 11.6. The third-order valence-corrected chi connectivity index (χ3v) is 9.11. The van der Waals surface area contributed by atoms with Crippen LogP contribution in [0.5, 0.6) is 5.75 Å². The minimum Gasteiger partial charge on any atom is -0.478 e. The monoisotopic (exact) mass is 914 g/mol. The number of hydrogen-bond acceptors (Lipinski definition) is 5. The van der Waals surface area contributed by atoms with Gasteiger partial charge in [0, 0.05) is 63.1 Å². The molecule has 7 nitrogen and oxygen atoms in total. The van der Waals surface area contributed by atoms with Crippen LogP contribution in [0.25, 0.3) is 0 Å². The molecule has 0 saturated carbocycles. The molecule has 2 aromatic carbocycles. The predicted molar refractivity (Wildman–Crippen MR) is 144 cm³/mol. The fraction of sp³-hybridized carbons (Fsp3) is 0.364. The van der Waals surface area contributed by atoms with Gasteiger partial charge < -0.3 is 14.6 Å². The number of nitrogens with one attached hydrogen (secondary N) is 1. The first-order valence-corrected chi connectivity index (χ1v) is 14.5. The number of carbonyl (C=O) groups is 2. The Kier molecular flexibility index (Phi) is 14.1. The Labute approximate surface area is 338 Å². The van der Waals surface area contributed by atoms with Crippen LogP contribution in [0.3, 0.4) is 0 Å². The molecule has 0 unspecified atom stereocenters. The minimum absolute atomic E-state index is 0. The van der Waals surface area contributed by atoms with E-state index in [-0.39, 0.29) is 63.5 Å². The predicted octanol–water partition coefficient (Wildman–Crippen LogP) is 9.55. The van der Waals surface area contributed by atoms with E-state index in [4.69, 9.17) is 46.4 Å². The second kappa shape index (κ2) is 15.0. The van der Waals surface area contributed by atoms with Gasteiger partial charge in [-0.25, -0.2) is 4.79 Å². The summed E-state index contributed by atoms with van der Waals surface area (Å²) < 4.78 is 257. The van der Waals surface area contributed by atoms with Crippen LogP contribution in [-0.4, -0.2) is 124 Å². The van der Waals surface area contributed by atoms with Gasteiger partial charge in [0.1, 0.15) is 5.75 Å². The third-order valence-electron chi connectivity index (χ3n) is 6.01. The molecule has 2 N–H and O–H groups in total. The molecule has 0 bridgehead atoms. The maximum atomic E-state index is 14.4. The SMILES string of the molecule is O=C(O)c1c(Cl)c(Cl)c(Cl)c(Cl)c1C(=O)Nc1cccc(OS(=O)(=O)C(F)(F)C(F)(F)C(F)(F)C(F)(F)C(F)(F)C(F)(F)C(F)(F)C(F)(F)F)c1.[K]. The van der Waals surface area contributed by atoms with Crippen LogP contribution < -0.4 is 9.50 Å². The van der Waals surface area contributed by atoms with Gasteiger partial charge >= 0.3 is 63.1 Å². The van der Waals surface area contributed by atoms with Crippen molar-refractivity contribution in [2.24, 2.45) is 0 Å². The first-order chi connectivity index (χ1) is 22.4. The Morgan fingerprint density at radius 3 is 1.40 bits per heavy atom. The summed E-state index contributed by atoms with van der Waals surface area (Å²) in [4.78, 5) is 24.4. The van der Waals surface area contributed by atoms with Gasteiger partial charge in [0.05, 0.1) is 31.2 Å². The van der Waals surface area contributed by atoms with Crippen LogP contribution in [0.1, 0.15) is 20.7 Å². The topological polar surface area (TPSA) is 110 Å². The summed E-state index contributed by atoms with van der Waals surface area (Å²) in [6.45, 7) is 0. The van der Waals surface area contributed by atoms with Crippen LogP contribution in [0, 0.1) is 0 Å². The number of carbonyl (C=O) groups excluding carboxylic acids is 1. The van der Waals surface area contributed by atoms with E-state index in [1.165, 1.54) is 0 Å².